The minimum atomic E-state index is -1.07. The molecule has 1 amide bonds. The normalized spacial score (nSPS) is 22.3. The lowest BCUT2D eigenvalue weighted by atomic mass is 9.99. The molecule has 0 aliphatic carbocycles. The third-order valence-electron chi connectivity index (χ3n) is 5.44. The van der Waals surface area contributed by atoms with Crippen molar-refractivity contribution in [2.24, 2.45) is 0 Å². The Balaban J connectivity index is 2.54. The number of carbonyl (C=O) groups excluding carboxylic acids is 4. The van der Waals surface area contributed by atoms with Gasteiger partial charge in [0.15, 0.2) is 0 Å². The average Bonchev–Trinajstić information content (AvgIpc) is 2.72. The van der Waals surface area contributed by atoms with Gasteiger partial charge in [0, 0.05) is 33.6 Å². The van der Waals surface area contributed by atoms with Crippen molar-refractivity contribution in [1.29, 1.82) is 0 Å². The van der Waals surface area contributed by atoms with Crippen LogP contribution in [-0.4, -0.2) is 55.0 Å². The Morgan fingerprint density at radius 3 is 1.94 bits per heavy atom. The van der Waals surface area contributed by atoms with Gasteiger partial charge in [0.2, 0.25) is 12.2 Å². The maximum Gasteiger partial charge on any atom is 0.305 e. The maximum absolute atomic E-state index is 12.5. The first kappa shape index (κ1) is 28.9. The first-order valence-electron chi connectivity index (χ1n) is 12.2. The highest BCUT2D eigenvalue weighted by atomic mass is 16.7. The lowest BCUT2D eigenvalue weighted by Gasteiger charge is -2.40. The molecule has 0 bridgehead atoms. The second-order valence-corrected chi connectivity index (χ2v) is 8.59. The topological polar surface area (TPSA) is 117 Å². The van der Waals surface area contributed by atoms with E-state index in [1.54, 1.807) is 0 Å². The number of esters is 3. The van der Waals surface area contributed by atoms with Crippen LogP contribution in [0.1, 0.15) is 98.3 Å². The van der Waals surface area contributed by atoms with Gasteiger partial charge in [0.1, 0.15) is 18.8 Å². The lowest BCUT2D eigenvalue weighted by molar-refractivity contribution is -0.243. The van der Waals surface area contributed by atoms with E-state index >= 15 is 0 Å². The van der Waals surface area contributed by atoms with Crippen molar-refractivity contribution in [1.82, 2.24) is 5.32 Å². The summed E-state index contributed by atoms with van der Waals surface area (Å²) in [5.41, 5.74) is 0. The molecule has 1 N–H and O–H groups in total. The highest BCUT2D eigenvalue weighted by Crippen LogP contribution is 2.25. The first-order chi connectivity index (χ1) is 15.7. The van der Waals surface area contributed by atoms with Crippen LogP contribution in [0.15, 0.2) is 0 Å². The molecule has 1 saturated heterocycles. The Kier molecular flexibility index (Phi) is 14.4. The molecule has 0 spiro atoms. The monoisotopic (exact) mass is 471 g/mol. The van der Waals surface area contributed by atoms with Crippen LogP contribution < -0.4 is 5.32 Å². The standard InChI is InChI=1S/C24H41NO8/c1-5-6-7-8-9-10-11-12-13-14-23(29)25-20-15-21(31-18(3)27)22(16-30-17(2)26)33-24(20)32-19(4)28/h20-22,24H,5-16H2,1-4H3,(H,25,29). The van der Waals surface area contributed by atoms with Gasteiger partial charge >= 0.3 is 17.9 Å². The minimum absolute atomic E-state index is 0.163. The molecule has 0 saturated carbocycles. The van der Waals surface area contributed by atoms with Gasteiger partial charge in [0.25, 0.3) is 0 Å². The van der Waals surface area contributed by atoms with E-state index in [-0.39, 0.29) is 18.9 Å². The number of unbranched alkanes of at least 4 members (excludes halogenated alkanes) is 8. The molecule has 0 aromatic heterocycles. The summed E-state index contributed by atoms with van der Waals surface area (Å²) in [7, 11) is 0. The second-order valence-electron chi connectivity index (χ2n) is 8.59. The third-order valence-corrected chi connectivity index (χ3v) is 5.44. The van der Waals surface area contributed by atoms with Crippen molar-refractivity contribution >= 4 is 23.8 Å². The fraction of sp³-hybridized carbons (Fsp3) is 0.833. The van der Waals surface area contributed by atoms with Gasteiger partial charge in [-0.2, -0.15) is 0 Å². The Bertz CT molecular complexity index is 624. The number of nitrogens with one attached hydrogen (secondary N) is 1. The summed E-state index contributed by atoms with van der Waals surface area (Å²) in [4.78, 5) is 46.7. The summed E-state index contributed by atoms with van der Waals surface area (Å²) < 4.78 is 21.3. The van der Waals surface area contributed by atoms with E-state index in [0.29, 0.717) is 6.42 Å². The predicted octanol–water partition coefficient (Wildman–Crippen LogP) is 3.57. The Hall–Kier alpha value is -2.16. The van der Waals surface area contributed by atoms with E-state index in [9.17, 15) is 19.2 Å². The van der Waals surface area contributed by atoms with E-state index < -0.39 is 42.4 Å². The summed E-state index contributed by atoms with van der Waals surface area (Å²) in [5, 5.41) is 2.85. The molecular weight excluding hydrogens is 430 g/mol. The van der Waals surface area contributed by atoms with Gasteiger partial charge in [-0.25, -0.2) is 0 Å². The summed E-state index contributed by atoms with van der Waals surface area (Å²) in [6.45, 7) is 5.80. The SMILES string of the molecule is CCCCCCCCCCCC(=O)NC1CC(OC(C)=O)C(COC(C)=O)OC1OC(C)=O. The van der Waals surface area contributed by atoms with Gasteiger partial charge in [-0.15, -0.1) is 0 Å². The zero-order chi connectivity index (χ0) is 24.6. The third kappa shape index (κ3) is 13.2. The quantitative estimate of drug-likeness (QED) is 0.219. The molecule has 1 aliphatic heterocycles. The van der Waals surface area contributed by atoms with E-state index in [0.717, 1.165) is 19.3 Å². The summed E-state index contributed by atoms with van der Waals surface area (Å²) >= 11 is 0. The first-order valence-corrected chi connectivity index (χ1v) is 12.2. The molecule has 1 fully saturated rings. The van der Waals surface area contributed by atoms with Crippen LogP contribution in [0.25, 0.3) is 0 Å². The fourth-order valence-corrected chi connectivity index (χ4v) is 3.83. The fourth-order valence-electron chi connectivity index (χ4n) is 3.83. The highest BCUT2D eigenvalue weighted by Gasteiger charge is 2.42. The Morgan fingerprint density at radius 2 is 1.39 bits per heavy atom. The van der Waals surface area contributed by atoms with Crippen molar-refractivity contribution in [2.75, 3.05) is 6.61 Å². The summed E-state index contributed by atoms with van der Waals surface area (Å²) in [6.07, 6.45) is 8.28. The molecule has 1 aliphatic rings. The number of hydrogen-bond donors (Lipinski definition) is 1. The number of rotatable bonds is 15. The number of ether oxygens (including phenoxy) is 4. The van der Waals surface area contributed by atoms with Gasteiger partial charge in [-0.1, -0.05) is 58.3 Å². The van der Waals surface area contributed by atoms with Crippen LogP contribution >= 0.6 is 0 Å². The Morgan fingerprint density at radius 1 is 0.818 bits per heavy atom. The van der Waals surface area contributed by atoms with Crippen molar-refractivity contribution in [3.63, 3.8) is 0 Å². The molecule has 0 radical (unpaired) electrons. The molecule has 1 heterocycles. The largest absolute Gasteiger partial charge is 0.463 e. The molecule has 0 aromatic carbocycles. The zero-order valence-corrected chi connectivity index (χ0v) is 20.6. The molecular formula is C24H41NO8. The van der Waals surface area contributed by atoms with Crippen LogP contribution in [0.2, 0.25) is 0 Å². The van der Waals surface area contributed by atoms with Crippen LogP contribution in [0.3, 0.4) is 0 Å². The van der Waals surface area contributed by atoms with Gasteiger partial charge in [-0.05, 0) is 6.42 Å². The van der Waals surface area contributed by atoms with E-state index in [2.05, 4.69) is 12.2 Å². The minimum Gasteiger partial charge on any atom is -0.463 e. The van der Waals surface area contributed by atoms with Crippen molar-refractivity contribution in [3.05, 3.63) is 0 Å². The summed E-state index contributed by atoms with van der Waals surface area (Å²) in [5.74, 6) is -1.79. The number of carbonyl (C=O) groups is 4. The Labute approximate surface area is 197 Å². The van der Waals surface area contributed by atoms with Crippen LogP contribution in [0, 0.1) is 0 Å². The van der Waals surface area contributed by atoms with E-state index in [4.69, 9.17) is 18.9 Å². The predicted molar refractivity (Wildman–Crippen MR) is 121 cm³/mol. The van der Waals surface area contributed by atoms with Crippen molar-refractivity contribution in [2.45, 2.75) is 123 Å². The lowest BCUT2D eigenvalue weighted by Crippen LogP contribution is -2.57. The molecule has 4 atom stereocenters. The highest BCUT2D eigenvalue weighted by molar-refractivity contribution is 5.76. The molecule has 33 heavy (non-hydrogen) atoms. The van der Waals surface area contributed by atoms with Crippen LogP contribution in [0.5, 0.6) is 0 Å². The molecule has 9 nitrogen and oxygen atoms in total. The maximum atomic E-state index is 12.5. The van der Waals surface area contributed by atoms with Gasteiger partial charge in [-0.3, -0.25) is 19.2 Å². The summed E-state index contributed by atoms with van der Waals surface area (Å²) in [6, 6.07) is -0.683. The molecule has 190 valence electrons. The van der Waals surface area contributed by atoms with E-state index in [1.165, 1.54) is 59.3 Å². The molecule has 0 aromatic rings. The van der Waals surface area contributed by atoms with Crippen LogP contribution in [-0.2, 0) is 38.1 Å². The second kappa shape index (κ2) is 16.5. The number of amides is 1. The molecule has 4 unspecified atom stereocenters. The number of hydrogen-bond acceptors (Lipinski definition) is 8. The average molecular weight is 472 g/mol. The van der Waals surface area contributed by atoms with E-state index in [1.807, 2.05) is 0 Å². The van der Waals surface area contributed by atoms with Crippen LogP contribution in [0.4, 0.5) is 0 Å². The molecule has 1 rings (SSSR count). The zero-order valence-electron chi connectivity index (χ0n) is 20.6. The van der Waals surface area contributed by atoms with Crippen molar-refractivity contribution < 1.29 is 38.1 Å². The van der Waals surface area contributed by atoms with Gasteiger partial charge < -0.3 is 24.3 Å². The van der Waals surface area contributed by atoms with Gasteiger partial charge in [0.05, 0.1) is 6.04 Å². The van der Waals surface area contributed by atoms with Crippen molar-refractivity contribution in [3.8, 4) is 0 Å². The smallest absolute Gasteiger partial charge is 0.305 e. The molecule has 9 heteroatoms.